The lowest BCUT2D eigenvalue weighted by Crippen LogP contribution is -2.28. The monoisotopic (exact) mass is 189 g/mol. The fraction of sp³-hybridized carbons (Fsp3) is 0.364. The third-order valence-corrected chi connectivity index (χ3v) is 2.63. The Bertz CT molecular complexity index is 398. The van der Waals surface area contributed by atoms with Crippen molar-refractivity contribution in [2.75, 3.05) is 0 Å². The second-order valence-corrected chi connectivity index (χ2v) is 3.56. The SMILES string of the molecule is CC(=O)C1CCc2ncccc2C1=O. The highest BCUT2D eigenvalue weighted by Gasteiger charge is 2.30. The fourth-order valence-corrected chi connectivity index (χ4v) is 1.85. The predicted molar refractivity (Wildman–Crippen MR) is 51.1 cm³/mol. The predicted octanol–water partition coefficient (Wildman–Crippen LogP) is 1.42. The lowest BCUT2D eigenvalue weighted by molar-refractivity contribution is -0.119. The van der Waals surface area contributed by atoms with E-state index < -0.39 is 5.92 Å². The minimum atomic E-state index is -0.438. The van der Waals surface area contributed by atoms with Crippen molar-refractivity contribution in [2.45, 2.75) is 19.8 Å². The molecule has 14 heavy (non-hydrogen) atoms. The molecule has 0 saturated carbocycles. The number of fused-ring (bicyclic) bond motifs is 1. The first-order valence-electron chi connectivity index (χ1n) is 4.68. The topological polar surface area (TPSA) is 47.0 Å². The van der Waals surface area contributed by atoms with Crippen LogP contribution in [0, 0.1) is 5.92 Å². The molecular formula is C11H11NO2. The van der Waals surface area contributed by atoms with Crippen molar-refractivity contribution in [3.05, 3.63) is 29.6 Å². The largest absolute Gasteiger partial charge is 0.299 e. The summed E-state index contributed by atoms with van der Waals surface area (Å²) in [7, 11) is 0. The van der Waals surface area contributed by atoms with Crippen LogP contribution in [0.2, 0.25) is 0 Å². The summed E-state index contributed by atoms with van der Waals surface area (Å²) in [5.74, 6) is -0.539. The molecule has 0 aliphatic heterocycles. The molecule has 0 amide bonds. The maximum absolute atomic E-state index is 11.8. The quantitative estimate of drug-likeness (QED) is 0.627. The van der Waals surface area contributed by atoms with Crippen molar-refractivity contribution in [1.29, 1.82) is 0 Å². The van der Waals surface area contributed by atoms with Gasteiger partial charge in [-0.1, -0.05) is 0 Å². The maximum atomic E-state index is 11.8. The highest BCUT2D eigenvalue weighted by molar-refractivity contribution is 6.11. The Morgan fingerprint density at radius 2 is 2.36 bits per heavy atom. The summed E-state index contributed by atoms with van der Waals surface area (Å²) in [6, 6.07) is 3.49. The van der Waals surface area contributed by atoms with Crippen molar-refractivity contribution in [3.63, 3.8) is 0 Å². The molecule has 3 heteroatoms. The second-order valence-electron chi connectivity index (χ2n) is 3.56. The molecule has 0 radical (unpaired) electrons. The first-order chi connectivity index (χ1) is 6.70. The average Bonchev–Trinajstić information content (AvgIpc) is 2.18. The van der Waals surface area contributed by atoms with E-state index in [1.165, 1.54) is 6.92 Å². The number of aryl methyl sites for hydroxylation is 1. The fourth-order valence-electron chi connectivity index (χ4n) is 1.85. The average molecular weight is 189 g/mol. The van der Waals surface area contributed by atoms with Crippen LogP contribution >= 0.6 is 0 Å². The van der Waals surface area contributed by atoms with Crippen molar-refractivity contribution in [1.82, 2.24) is 4.98 Å². The van der Waals surface area contributed by atoms with E-state index in [1.54, 1.807) is 18.3 Å². The molecule has 1 aromatic rings. The van der Waals surface area contributed by atoms with Crippen LogP contribution in [0.3, 0.4) is 0 Å². The number of carbonyl (C=O) groups excluding carboxylic acids is 2. The van der Waals surface area contributed by atoms with E-state index in [1.807, 2.05) is 0 Å². The van der Waals surface area contributed by atoms with E-state index in [0.29, 0.717) is 12.0 Å². The van der Waals surface area contributed by atoms with Gasteiger partial charge in [0.1, 0.15) is 5.78 Å². The van der Waals surface area contributed by atoms with Gasteiger partial charge in [-0.05, 0) is 31.9 Å². The number of hydrogen-bond donors (Lipinski definition) is 0. The molecule has 3 nitrogen and oxygen atoms in total. The Labute approximate surface area is 82.2 Å². The lowest BCUT2D eigenvalue weighted by atomic mass is 9.83. The highest BCUT2D eigenvalue weighted by Crippen LogP contribution is 2.24. The number of nitrogens with zero attached hydrogens (tertiary/aromatic N) is 1. The molecule has 0 bridgehead atoms. The zero-order chi connectivity index (χ0) is 10.1. The van der Waals surface area contributed by atoms with Gasteiger partial charge in [-0.3, -0.25) is 14.6 Å². The van der Waals surface area contributed by atoms with Gasteiger partial charge in [0.05, 0.1) is 11.6 Å². The first kappa shape index (κ1) is 9.06. The summed E-state index contributed by atoms with van der Waals surface area (Å²) >= 11 is 0. The van der Waals surface area contributed by atoms with Gasteiger partial charge in [0.2, 0.25) is 0 Å². The molecule has 0 spiro atoms. The number of rotatable bonds is 1. The van der Waals surface area contributed by atoms with Gasteiger partial charge >= 0.3 is 0 Å². The Morgan fingerprint density at radius 1 is 1.57 bits per heavy atom. The van der Waals surface area contributed by atoms with Crippen molar-refractivity contribution in [3.8, 4) is 0 Å². The van der Waals surface area contributed by atoms with Gasteiger partial charge in [-0.25, -0.2) is 0 Å². The summed E-state index contributed by atoms with van der Waals surface area (Å²) in [5, 5.41) is 0. The van der Waals surface area contributed by atoms with Gasteiger partial charge in [-0.15, -0.1) is 0 Å². The zero-order valence-corrected chi connectivity index (χ0v) is 7.99. The third-order valence-electron chi connectivity index (χ3n) is 2.63. The second kappa shape index (κ2) is 3.33. The molecule has 2 rings (SSSR count). The Kier molecular flexibility index (Phi) is 2.15. The van der Waals surface area contributed by atoms with Crippen LogP contribution < -0.4 is 0 Å². The maximum Gasteiger partial charge on any atom is 0.175 e. The molecule has 0 saturated heterocycles. The summed E-state index contributed by atoms with van der Waals surface area (Å²) in [6.45, 7) is 1.48. The minimum Gasteiger partial charge on any atom is -0.299 e. The molecule has 1 unspecified atom stereocenters. The number of aromatic nitrogens is 1. The van der Waals surface area contributed by atoms with E-state index in [4.69, 9.17) is 0 Å². The Morgan fingerprint density at radius 3 is 3.07 bits per heavy atom. The molecule has 72 valence electrons. The smallest absolute Gasteiger partial charge is 0.175 e. The highest BCUT2D eigenvalue weighted by atomic mass is 16.1. The van der Waals surface area contributed by atoms with Crippen molar-refractivity contribution in [2.24, 2.45) is 5.92 Å². The molecule has 0 fully saturated rings. The molecule has 1 aliphatic rings. The molecule has 1 aliphatic carbocycles. The van der Waals surface area contributed by atoms with Crippen molar-refractivity contribution < 1.29 is 9.59 Å². The summed E-state index contributed by atoms with van der Waals surface area (Å²) in [5.41, 5.74) is 1.45. The van der Waals surface area contributed by atoms with Gasteiger partial charge in [-0.2, -0.15) is 0 Å². The third kappa shape index (κ3) is 1.35. The van der Waals surface area contributed by atoms with E-state index in [9.17, 15) is 9.59 Å². The Hall–Kier alpha value is -1.51. The van der Waals surface area contributed by atoms with Crippen LogP contribution in [-0.4, -0.2) is 16.6 Å². The normalized spacial score (nSPS) is 20.4. The van der Waals surface area contributed by atoms with Gasteiger partial charge in [0.25, 0.3) is 0 Å². The van der Waals surface area contributed by atoms with E-state index in [-0.39, 0.29) is 11.6 Å². The lowest BCUT2D eigenvalue weighted by Gasteiger charge is -2.19. The number of Topliss-reactive ketones (excluding diaryl/α,β-unsaturated/α-hetero) is 2. The van der Waals surface area contributed by atoms with E-state index in [0.717, 1.165) is 12.1 Å². The minimum absolute atomic E-state index is 0.0375. The summed E-state index contributed by atoms with van der Waals surface area (Å²) in [6.07, 6.45) is 3.02. The van der Waals surface area contributed by atoms with Crippen molar-refractivity contribution >= 4 is 11.6 Å². The van der Waals surface area contributed by atoms with E-state index in [2.05, 4.69) is 4.98 Å². The number of ketones is 2. The van der Waals surface area contributed by atoms with Crippen LogP contribution in [0.25, 0.3) is 0 Å². The van der Waals surface area contributed by atoms with Crippen LogP contribution in [0.4, 0.5) is 0 Å². The van der Waals surface area contributed by atoms with Gasteiger partial charge in [0, 0.05) is 11.8 Å². The zero-order valence-electron chi connectivity index (χ0n) is 7.99. The van der Waals surface area contributed by atoms with E-state index >= 15 is 0 Å². The van der Waals surface area contributed by atoms with Crippen LogP contribution in [0.1, 0.15) is 29.4 Å². The molecule has 0 aromatic carbocycles. The summed E-state index contributed by atoms with van der Waals surface area (Å²) < 4.78 is 0. The molecule has 0 N–H and O–H groups in total. The molecule has 1 heterocycles. The molecular weight excluding hydrogens is 178 g/mol. The molecule has 1 aromatic heterocycles. The van der Waals surface area contributed by atoms with Gasteiger partial charge in [0.15, 0.2) is 5.78 Å². The Balaban J connectivity index is 2.41. The molecule has 1 atom stereocenters. The van der Waals surface area contributed by atoms with Crippen LogP contribution in [-0.2, 0) is 11.2 Å². The van der Waals surface area contributed by atoms with Crippen LogP contribution in [0.5, 0.6) is 0 Å². The van der Waals surface area contributed by atoms with Crippen LogP contribution in [0.15, 0.2) is 18.3 Å². The number of carbonyl (C=O) groups is 2. The van der Waals surface area contributed by atoms with Gasteiger partial charge < -0.3 is 0 Å². The summed E-state index contributed by atoms with van der Waals surface area (Å²) in [4.78, 5) is 27.1. The number of hydrogen-bond acceptors (Lipinski definition) is 3. The standard InChI is InChI=1S/C11H11NO2/c1-7(13)8-4-5-10-9(11(8)14)3-2-6-12-10/h2-3,6,8H,4-5H2,1H3. The number of pyridine rings is 1. The first-order valence-corrected chi connectivity index (χ1v) is 4.68.